The fraction of sp³-hybridized carbons (Fsp3) is 0.500. The van der Waals surface area contributed by atoms with Crippen molar-refractivity contribution in [2.24, 2.45) is 0 Å². The van der Waals surface area contributed by atoms with Gasteiger partial charge in [-0.3, -0.25) is 9.30 Å². The third-order valence-electron chi connectivity index (χ3n) is 2.70. The Morgan fingerprint density at radius 1 is 1.38 bits per heavy atom. The first kappa shape index (κ1) is 15.8. The second-order valence-electron chi connectivity index (χ2n) is 5.97. The summed E-state index contributed by atoms with van der Waals surface area (Å²) < 4.78 is 8.09. The summed E-state index contributed by atoms with van der Waals surface area (Å²) in [6, 6.07) is -0.103. The van der Waals surface area contributed by atoms with Crippen molar-refractivity contribution in [3.63, 3.8) is 0 Å². The quantitative estimate of drug-likeness (QED) is 0.825. The number of amides is 1. The number of hydrogen-bond acceptors (Lipinski definition) is 4. The van der Waals surface area contributed by atoms with Crippen molar-refractivity contribution >= 4 is 33.5 Å². The molecule has 0 unspecified atom stereocenters. The van der Waals surface area contributed by atoms with Crippen LogP contribution in [0.3, 0.4) is 0 Å². The van der Waals surface area contributed by atoms with Gasteiger partial charge >= 0.3 is 6.09 Å². The molecule has 0 aliphatic carbocycles. The second kappa shape index (κ2) is 5.63. The van der Waals surface area contributed by atoms with E-state index >= 15 is 0 Å². The van der Waals surface area contributed by atoms with Gasteiger partial charge in [-0.05, 0) is 50.5 Å². The van der Waals surface area contributed by atoms with E-state index in [9.17, 15) is 4.79 Å². The zero-order valence-electron chi connectivity index (χ0n) is 12.8. The number of carbonyl (C=O) groups is 1. The van der Waals surface area contributed by atoms with Crippen LogP contribution >= 0.6 is 15.9 Å². The van der Waals surface area contributed by atoms with E-state index in [1.54, 1.807) is 18.6 Å². The highest BCUT2D eigenvalue weighted by atomic mass is 79.9. The van der Waals surface area contributed by atoms with Gasteiger partial charge in [0.25, 0.3) is 0 Å². The average molecular weight is 355 g/mol. The molecule has 2 heterocycles. The largest absolute Gasteiger partial charge is 0.443 e. The highest BCUT2D eigenvalue weighted by Crippen LogP contribution is 2.24. The summed E-state index contributed by atoms with van der Waals surface area (Å²) in [4.78, 5) is 22.6. The van der Waals surface area contributed by atoms with Crippen LogP contribution in [0, 0.1) is 0 Å². The predicted molar refractivity (Wildman–Crippen MR) is 84.5 cm³/mol. The van der Waals surface area contributed by atoms with Crippen molar-refractivity contribution in [1.82, 2.24) is 14.4 Å². The van der Waals surface area contributed by atoms with Crippen LogP contribution in [0.1, 0.15) is 34.6 Å². The molecular weight excluding hydrogens is 336 g/mol. The summed E-state index contributed by atoms with van der Waals surface area (Å²) in [6.07, 6.45) is 4.66. The van der Waals surface area contributed by atoms with E-state index in [1.807, 2.05) is 39.0 Å². The standard InChI is InChI=1S/C14H19BrN4O2/c1-9(2)19(13(20)21-14(3,4)5)12-11-17-8-10(15)18(11)7-6-16-12/h6-9H,1-5H3. The fourth-order valence-corrected chi connectivity index (χ4v) is 2.29. The summed E-state index contributed by atoms with van der Waals surface area (Å²) in [5, 5.41) is 0. The van der Waals surface area contributed by atoms with Gasteiger partial charge in [0.05, 0.1) is 6.20 Å². The van der Waals surface area contributed by atoms with Crippen molar-refractivity contribution in [2.45, 2.75) is 46.3 Å². The molecule has 0 N–H and O–H groups in total. The van der Waals surface area contributed by atoms with Crippen molar-refractivity contribution in [3.05, 3.63) is 23.2 Å². The molecule has 0 bridgehead atoms. The molecule has 0 aliphatic heterocycles. The normalized spacial score (nSPS) is 12.0. The number of nitrogens with zero attached hydrogens (tertiary/aromatic N) is 4. The minimum absolute atomic E-state index is 0.103. The summed E-state index contributed by atoms with van der Waals surface area (Å²) in [6.45, 7) is 9.33. The van der Waals surface area contributed by atoms with Crippen LogP contribution in [-0.2, 0) is 4.74 Å². The summed E-state index contributed by atoms with van der Waals surface area (Å²) in [7, 11) is 0. The molecule has 7 heteroatoms. The van der Waals surface area contributed by atoms with Crippen molar-refractivity contribution in [2.75, 3.05) is 4.90 Å². The van der Waals surface area contributed by atoms with Gasteiger partial charge in [-0.1, -0.05) is 0 Å². The minimum Gasteiger partial charge on any atom is -0.443 e. The molecule has 0 fully saturated rings. The molecule has 2 aromatic rings. The maximum absolute atomic E-state index is 12.5. The average Bonchev–Trinajstić information content (AvgIpc) is 2.70. The number of rotatable bonds is 2. The van der Waals surface area contributed by atoms with Crippen LogP contribution in [0.5, 0.6) is 0 Å². The van der Waals surface area contributed by atoms with Gasteiger partial charge < -0.3 is 4.74 Å². The molecule has 0 aromatic carbocycles. The van der Waals surface area contributed by atoms with Crippen molar-refractivity contribution in [1.29, 1.82) is 0 Å². The van der Waals surface area contributed by atoms with Gasteiger partial charge in [0, 0.05) is 18.4 Å². The summed E-state index contributed by atoms with van der Waals surface area (Å²) in [5.74, 6) is 0.479. The lowest BCUT2D eigenvalue weighted by Crippen LogP contribution is -2.41. The number of aromatic nitrogens is 3. The molecule has 21 heavy (non-hydrogen) atoms. The third kappa shape index (κ3) is 3.34. The first-order valence-corrected chi connectivity index (χ1v) is 7.50. The Hall–Kier alpha value is -1.63. The van der Waals surface area contributed by atoms with E-state index in [4.69, 9.17) is 4.74 Å². The molecule has 0 saturated heterocycles. The molecule has 0 saturated carbocycles. The number of halogens is 1. The molecule has 2 aromatic heterocycles. The third-order valence-corrected chi connectivity index (χ3v) is 3.29. The number of hydrogen-bond donors (Lipinski definition) is 0. The predicted octanol–water partition coefficient (Wildman–Crippen LogP) is 3.64. The number of ether oxygens (including phenoxy) is 1. The zero-order chi connectivity index (χ0) is 15.8. The molecule has 1 amide bonds. The molecule has 0 spiro atoms. The van der Waals surface area contributed by atoms with E-state index in [-0.39, 0.29) is 6.04 Å². The van der Waals surface area contributed by atoms with Crippen LogP contribution in [0.4, 0.5) is 10.6 Å². The molecule has 6 nitrogen and oxygen atoms in total. The van der Waals surface area contributed by atoms with Gasteiger partial charge in [0.2, 0.25) is 0 Å². The Morgan fingerprint density at radius 2 is 2.05 bits per heavy atom. The number of imidazole rings is 1. The topological polar surface area (TPSA) is 59.7 Å². The van der Waals surface area contributed by atoms with Crippen molar-refractivity contribution in [3.8, 4) is 0 Å². The number of anilines is 1. The van der Waals surface area contributed by atoms with Crippen LogP contribution in [0.25, 0.3) is 5.65 Å². The molecule has 2 rings (SSSR count). The Bertz CT molecular complexity index is 661. The zero-order valence-corrected chi connectivity index (χ0v) is 14.4. The molecule has 114 valence electrons. The maximum atomic E-state index is 12.5. The second-order valence-corrected chi connectivity index (χ2v) is 6.78. The lowest BCUT2D eigenvalue weighted by molar-refractivity contribution is 0.0569. The smallest absolute Gasteiger partial charge is 0.416 e. The Morgan fingerprint density at radius 3 is 2.62 bits per heavy atom. The molecule has 0 atom stereocenters. The van der Waals surface area contributed by atoms with E-state index < -0.39 is 11.7 Å². The SMILES string of the molecule is CC(C)N(C(=O)OC(C)(C)C)c1nccn2c(Br)cnc12. The van der Waals surface area contributed by atoms with E-state index in [0.29, 0.717) is 11.5 Å². The number of fused-ring (bicyclic) bond motifs is 1. The maximum Gasteiger partial charge on any atom is 0.416 e. The Labute approximate surface area is 132 Å². The molecule has 0 radical (unpaired) electrons. The summed E-state index contributed by atoms with van der Waals surface area (Å²) in [5.41, 5.74) is 0.0367. The number of carbonyl (C=O) groups excluding carboxylic acids is 1. The van der Waals surface area contributed by atoms with Gasteiger partial charge in [0.1, 0.15) is 10.2 Å². The molecular formula is C14H19BrN4O2. The highest BCUT2D eigenvalue weighted by Gasteiger charge is 2.28. The Kier molecular flexibility index (Phi) is 4.22. The minimum atomic E-state index is -0.564. The van der Waals surface area contributed by atoms with E-state index in [1.165, 1.54) is 4.90 Å². The highest BCUT2D eigenvalue weighted by molar-refractivity contribution is 9.10. The van der Waals surface area contributed by atoms with Crippen LogP contribution in [0.15, 0.2) is 23.2 Å². The lowest BCUT2D eigenvalue weighted by Gasteiger charge is -2.29. The van der Waals surface area contributed by atoms with Crippen molar-refractivity contribution < 1.29 is 9.53 Å². The monoisotopic (exact) mass is 354 g/mol. The van der Waals surface area contributed by atoms with Crippen LogP contribution in [-0.4, -0.2) is 32.1 Å². The van der Waals surface area contributed by atoms with E-state index in [2.05, 4.69) is 25.9 Å². The Balaban J connectivity index is 2.49. The van der Waals surface area contributed by atoms with E-state index in [0.717, 1.165) is 4.60 Å². The van der Waals surface area contributed by atoms with Gasteiger partial charge in [-0.2, -0.15) is 0 Å². The lowest BCUT2D eigenvalue weighted by atomic mass is 10.2. The summed E-state index contributed by atoms with van der Waals surface area (Å²) >= 11 is 3.41. The fourth-order valence-electron chi connectivity index (χ4n) is 1.90. The first-order chi connectivity index (χ1) is 9.70. The van der Waals surface area contributed by atoms with Crippen LogP contribution < -0.4 is 4.90 Å². The van der Waals surface area contributed by atoms with Gasteiger partial charge in [-0.25, -0.2) is 14.8 Å². The van der Waals surface area contributed by atoms with Gasteiger partial charge in [0.15, 0.2) is 11.5 Å². The van der Waals surface area contributed by atoms with Gasteiger partial charge in [-0.15, -0.1) is 0 Å². The molecule has 0 aliphatic rings. The van der Waals surface area contributed by atoms with Crippen LogP contribution in [0.2, 0.25) is 0 Å². The first-order valence-electron chi connectivity index (χ1n) is 6.70.